The van der Waals surface area contributed by atoms with Gasteiger partial charge in [-0.05, 0) is 32.5 Å². The number of aromatic nitrogens is 2. The number of hydrogen-bond acceptors (Lipinski definition) is 3. The van der Waals surface area contributed by atoms with Crippen LogP contribution in [0.3, 0.4) is 0 Å². The minimum Gasteiger partial charge on any atom is -0.330 e. The SMILES string of the molecule is CCn1nc(CNCCCN)c2ccccc21. The molecule has 0 unspecified atom stereocenters. The van der Waals surface area contributed by atoms with Crippen LogP contribution in [-0.4, -0.2) is 22.9 Å². The van der Waals surface area contributed by atoms with Crippen LogP contribution in [0.2, 0.25) is 0 Å². The third-order valence-corrected chi connectivity index (χ3v) is 2.88. The van der Waals surface area contributed by atoms with Crippen molar-refractivity contribution in [1.29, 1.82) is 0 Å². The predicted molar refractivity (Wildman–Crippen MR) is 70.8 cm³/mol. The zero-order valence-corrected chi connectivity index (χ0v) is 10.3. The van der Waals surface area contributed by atoms with Crippen LogP contribution in [0.25, 0.3) is 10.9 Å². The van der Waals surface area contributed by atoms with Crippen molar-refractivity contribution >= 4 is 10.9 Å². The molecule has 1 aromatic carbocycles. The van der Waals surface area contributed by atoms with E-state index in [0.717, 1.165) is 38.3 Å². The van der Waals surface area contributed by atoms with Crippen molar-refractivity contribution < 1.29 is 0 Å². The molecular formula is C13H20N4. The van der Waals surface area contributed by atoms with Crippen molar-refractivity contribution in [1.82, 2.24) is 15.1 Å². The first kappa shape index (κ1) is 12.1. The topological polar surface area (TPSA) is 55.9 Å². The lowest BCUT2D eigenvalue weighted by Gasteiger charge is -2.00. The van der Waals surface area contributed by atoms with E-state index in [-0.39, 0.29) is 0 Å². The quantitative estimate of drug-likeness (QED) is 0.742. The van der Waals surface area contributed by atoms with Gasteiger partial charge in [0.05, 0.1) is 11.2 Å². The molecule has 2 rings (SSSR count). The van der Waals surface area contributed by atoms with Crippen LogP contribution in [0.5, 0.6) is 0 Å². The molecule has 1 aromatic heterocycles. The average molecular weight is 232 g/mol. The van der Waals surface area contributed by atoms with Gasteiger partial charge in [-0.3, -0.25) is 4.68 Å². The minimum absolute atomic E-state index is 0.733. The molecule has 2 aromatic rings. The summed E-state index contributed by atoms with van der Waals surface area (Å²) in [5.41, 5.74) is 7.80. The van der Waals surface area contributed by atoms with E-state index in [0.29, 0.717) is 0 Å². The molecule has 0 atom stereocenters. The van der Waals surface area contributed by atoms with Gasteiger partial charge < -0.3 is 11.1 Å². The summed E-state index contributed by atoms with van der Waals surface area (Å²) in [7, 11) is 0. The summed E-state index contributed by atoms with van der Waals surface area (Å²) >= 11 is 0. The number of aryl methyl sites for hydroxylation is 1. The molecule has 0 aliphatic carbocycles. The number of para-hydroxylation sites is 1. The van der Waals surface area contributed by atoms with E-state index in [9.17, 15) is 0 Å². The van der Waals surface area contributed by atoms with E-state index in [2.05, 4.69) is 46.3 Å². The van der Waals surface area contributed by atoms with Gasteiger partial charge in [-0.1, -0.05) is 18.2 Å². The standard InChI is InChI=1S/C13H20N4/c1-2-17-13-7-4-3-6-11(13)12(16-17)10-15-9-5-8-14/h3-4,6-7,15H,2,5,8-10,14H2,1H3. The summed E-state index contributed by atoms with van der Waals surface area (Å²) in [6.07, 6.45) is 1.01. The minimum atomic E-state index is 0.733. The molecule has 3 N–H and O–H groups in total. The number of nitrogens with one attached hydrogen (secondary N) is 1. The Morgan fingerprint density at radius 1 is 1.35 bits per heavy atom. The normalized spacial score (nSPS) is 11.2. The van der Waals surface area contributed by atoms with E-state index < -0.39 is 0 Å². The van der Waals surface area contributed by atoms with Crippen LogP contribution in [0.15, 0.2) is 24.3 Å². The Balaban J connectivity index is 2.16. The van der Waals surface area contributed by atoms with Gasteiger partial charge in [-0.25, -0.2) is 0 Å². The summed E-state index contributed by atoms with van der Waals surface area (Å²) in [5, 5.41) is 9.25. The van der Waals surface area contributed by atoms with Crippen molar-refractivity contribution in [3.05, 3.63) is 30.0 Å². The second-order valence-corrected chi connectivity index (χ2v) is 4.10. The molecule has 17 heavy (non-hydrogen) atoms. The van der Waals surface area contributed by atoms with Crippen molar-refractivity contribution in [2.45, 2.75) is 26.4 Å². The van der Waals surface area contributed by atoms with Gasteiger partial charge in [0.25, 0.3) is 0 Å². The summed E-state index contributed by atoms with van der Waals surface area (Å²) < 4.78 is 2.05. The van der Waals surface area contributed by atoms with E-state index in [1.165, 1.54) is 10.9 Å². The molecule has 0 aliphatic heterocycles. The molecule has 0 spiro atoms. The first-order valence-corrected chi connectivity index (χ1v) is 6.22. The third-order valence-electron chi connectivity index (χ3n) is 2.88. The molecule has 0 radical (unpaired) electrons. The summed E-state index contributed by atoms with van der Waals surface area (Å²) in [5.74, 6) is 0. The van der Waals surface area contributed by atoms with Crippen LogP contribution in [-0.2, 0) is 13.1 Å². The molecule has 1 heterocycles. The maximum Gasteiger partial charge on any atom is 0.0841 e. The Kier molecular flexibility index (Phi) is 4.12. The Morgan fingerprint density at radius 2 is 2.18 bits per heavy atom. The van der Waals surface area contributed by atoms with Crippen molar-refractivity contribution in [2.24, 2.45) is 5.73 Å². The highest BCUT2D eigenvalue weighted by Crippen LogP contribution is 2.17. The lowest BCUT2D eigenvalue weighted by atomic mass is 10.2. The van der Waals surface area contributed by atoms with Gasteiger partial charge in [0.15, 0.2) is 0 Å². The second kappa shape index (κ2) is 5.80. The van der Waals surface area contributed by atoms with Crippen molar-refractivity contribution in [2.75, 3.05) is 13.1 Å². The van der Waals surface area contributed by atoms with Crippen LogP contribution >= 0.6 is 0 Å². The number of hydrogen-bond donors (Lipinski definition) is 2. The molecule has 92 valence electrons. The first-order valence-electron chi connectivity index (χ1n) is 6.22. The van der Waals surface area contributed by atoms with Gasteiger partial charge >= 0.3 is 0 Å². The highest BCUT2D eigenvalue weighted by atomic mass is 15.3. The van der Waals surface area contributed by atoms with Crippen LogP contribution in [0.4, 0.5) is 0 Å². The van der Waals surface area contributed by atoms with Gasteiger partial charge in [0.2, 0.25) is 0 Å². The average Bonchev–Trinajstić information content (AvgIpc) is 2.73. The molecule has 0 saturated carbocycles. The number of nitrogens with zero attached hydrogens (tertiary/aromatic N) is 2. The smallest absolute Gasteiger partial charge is 0.0841 e. The maximum atomic E-state index is 5.46. The molecule has 0 fully saturated rings. The maximum absolute atomic E-state index is 5.46. The lowest BCUT2D eigenvalue weighted by Crippen LogP contribution is -2.18. The van der Waals surface area contributed by atoms with E-state index >= 15 is 0 Å². The van der Waals surface area contributed by atoms with Crippen LogP contribution in [0.1, 0.15) is 19.0 Å². The summed E-state index contributed by atoms with van der Waals surface area (Å²) in [6, 6.07) is 8.37. The van der Waals surface area contributed by atoms with Crippen LogP contribution in [0, 0.1) is 0 Å². The number of nitrogens with two attached hydrogens (primary N) is 1. The summed E-state index contributed by atoms with van der Waals surface area (Å²) in [4.78, 5) is 0. The van der Waals surface area contributed by atoms with Gasteiger partial charge in [-0.15, -0.1) is 0 Å². The third kappa shape index (κ3) is 2.65. The molecule has 4 nitrogen and oxygen atoms in total. The lowest BCUT2D eigenvalue weighted by molar-refractivity contribution is 0.619. The number of benzene rings is 1. The number of fused-ring (bicyclic) bond motifs is 1. The fraction of sp³-hybridized carbons (Fsp3) is 0.462. The molecular weight excluding hydrogens is 212 g/mol. The Hall–Kier alpha value is -1.39. The summed E-state index contributed by atoms with van der Waals surface area (Å²) in [6.45, 7) is 5.52. The monoisotopic (exact) mass is 232 g/mol. The highest BCUT2D eigenvalue weighted by Gasteiger charge is 2.07. The Bertz CT molecular complexity index is 475. The fourth-order valence-electron chi connectivity index (χ4n) is 2.00. The molecule has 4 heteroatoms. The van der Waals surface area contributed by atoms with E-state index in [4.69, 9.17) is 5.73 Å². The van der Waals surface area contributed by atoms with E-state index in [1.807, 2.05) is 0 Å². The zero-order chi connectivity index (χ0) is 12.1. The van der Waals surface area contributed by atoms with Gasteiger partial charge in [0.1, 0.15) is 0 Å². The first-order chi connectivity index (χ1) is 8.36. The molecule has 0 saturated heterocycles. The molecule has 0 aliphatic rings. The number of rotatable bonds is 6. The van der Waals surface area contributed by atoms with Gasteiger partial charge in [0, 0.05) is 18.5 Å². The second-order valence-electron chi connectivity index (χ2n) is 4.10. The van der Waals surface area contributed by atoms with Crippen molar-refractivity contribution in [3.63, 3.8) is 0 Å². The fourth-order valence-corrected chi connectivity index (χ4v) is 2.00. The predicted octanol–water partition coefficient (Wildman–Crippen LogP) is 1.49. The highest BCUT2D eigenvalue weighted by molar-refractivity contribution is 5.81. The van der Waals surface area contributed by atoms with Crippen molar-refractivity contribution in [3.8, 4) is 0 Å². The molecule has 0 bridgehead atoms. The Morgan fingerprint density at radius 3 is 2.94 bits per heavy atom. The van der Waals surface area contributed by atoms with Gasteiger partial charge in [-0.2, -0.15) is 5.10 Å². The largest absolute Gasteiger partial charge is 0.330 e. The zero-order valence-electron chi connectivity index (χ0n) is 10.3. The molecule has 0 amide bonds. The van der Waals surface area contributed by atoms with E-state index in [1.54, 1.807) is 0 Å². The van der Waals surface area contributed by atoms with Crippen LogP contribution < -0.4 is 11.1 Å². The Labute approximate surface area is 102 Å².